The van der Waals surface area contributed by atoms with Crippen LogP contribution in [0.15, 0.2) is 59.3 Å². The summed E-state index contributed by atoms with van der Waals surface area (Å²) in [5, 5.41) is 0. The minimum absolute atomic E-state index is 0.0198. The zero-order valence-corrected chi connectivity index (χ0v) is 15.5. The molecule has 2 atom stereocenters. The number of carbonyl (C=O) groups is 2. The molecular weight excluding hydrogens is 356 g/mol. The van der Waals surface area contributed by atoms with Gasteiger partial charge in [0.2, 0.25) is 0 Å². The Morgan fingerprint density at radius 2 is 2.00 bits per heavy atom. The first-order valence-corrected chi connectivity index (χ1v) is 9.35. The number of aryl methyl sites for hydroxylation is 1. The average molecular weight is 376 g/mol. The molecule has 0 aliphatic carbocycles. The van der Waals surface area contributed by atoms with Crippen LogP contribution in [0.1, 0.15) is 38.5 Å². The van der Waals surface area contributed by atoms with E-state index < -0.39 is 0 Å². The summed E-state index contributed by atoms with van der Waals surface area (Å²) in [5.74, 6) is 0.882. The molecule has 28 heavy (non-hydrogen) atoms. The lowest BCUT2D eigenvalue weighted by Crippen LogP contribution is -2.50. The zero-order chi connectivity index (χ0) is 19.3. The van der Waals surface area contributed by atoms with E-state index in [0.717, 1.165) is 5.69 Å². The smallest absolute Gasteiger partial charge is 0.289 e. The van der Waals surface area contributed by atoms with Gasteiger partial charge in [0.05, 0.1) is 24.3 Å². The molecule has 0 bridgehead atoms. The highest BCUT2D eigenvalue weighted by molar-refractivity contribution is 5.95. The van der Waals surface area contributed by atoms with E-state index >= 15 is 0 Å². The van der Waals surface area contributed by atoms with Gasteiger partial charge >= 0.3 is 0 Å². The largest absolute Gasteiger partial charge is 0.456 e. The Labute approximate surface area is 162 Å². The van der Waals surface area contributed by atoms with Crippen LogP contribution in [0, 0.1) is 6.92 Å². The Morgan fingerprint density at radius 1 is 1.14 bits per heavy atom. The number of amides is 2. The van der Waals surface area contributed by atoms with Crippen molar-refractivity contribution < 1.29 is 14.0 Å². The molecule has 0 radical (unpaired) electrons. The summed E-state index contributed by atoms with van der Waals surface area (Å²) in [6, 6.07) is 12.8. The number of carbonyl (C=O) groups excluding carboxylic acids is 2. The van der Waals surface area contributed by atoms with Crippen LogP contribution >= 0.6 is 0 Å². The van der Waals surface area contributed by atoms with Gasteiger partial charge in [0.25, 0.3) is 11.8 Å². The monoisotopic (exact) mass is 376 g/mol. The predicted octanol–water partition coefficient (Wildman–Crippen LogP) is 2.51. The molecule has 5 heterocycles. The molecule has 0 aromatic carbocycles. The summed E-state index contributed by atoms with van der Waals surface area (Å²) in [6.07, 6.45) is 3.65. The van der Waals surface area contributed by atoms with Crippen LogP contribution in [0.2, 0.25) is 0 Å². The molecule has 3 aromatic heterocycles. The lowest BCUT2D eigenvalue weighted by molar-refractivity contribution is 0.0546. The lowest BCUT2D eigenvalue weighted by Gasteiger charge is -2.37. The Balaban J connectivity index is 1.47. The third kappa shape index (κ3) is 2.62. The van der Waals surface area contributed by atoms with Crippen molar-refractivity contribution in [3.05, 3.63) is 77.8 Å². The number of aromatic nitrogens is 2. The third-order valence-corrected chi connectivity index (χ3v) is 5.57. The van der Waals surface area contributed by atoms with Crippen LogP contribution < -0.4 is 0 Å². The molecule has 2 aliphatic heterocycles. The van der Waals surface area contributed by atoms with Crippen molar-refractivity contribution >= 4 is 11.8 Å². The molecule has 142 valence electrons. The van der Waals surface area contributed by atoms with Crippen LogP contribution in [0.3, 0.4) is 0 Å². The molecule has 0 spiro atoms. The molecule has 2 aliphatic rings. The van der Waals surface area contributed by atoms with E-state index in [-0.39, 0.29) is 23.9 Å². The summed E-state index contributed by atoms with van der Waals surface area (Å²) in [7, 11) is 0. The number of furan rings is 1. The topological polar surface area (TPSA) is 71.6 Å². The zero-order valence-electron chi connectivity index (χ0n) is 15.5. The number of hydrogen-bond donors (Lipinski definition) is 0. The van der Waals surface area contributed by atoms with Crippen LogP contribution in [-0.4, -0.2) is 50.3 Å². The number of fused-ring (bicyclic) bond motifs is 3. The van der Waals surface area contributed by atoms with Crippen LogP contribution in [0.25, 0.3) is 0 Å². The second-order valence-corrected chi connectivity index (χ2v) is 7.31. The Morgan fingerprint density at radius 3 is 2.75 bits per heavy atom. The molecule has 3 aromatic rings. The maximum absolute atomic E-state index is 13.1. The summed E-state index contributed by atoms with van der Waals surface area (Å²) in [5.41, 5.74) is 1.49. The maximum Gasteiger partial charge on any atom is 0.289 e. The second kappa shape index (κ2) is 6.37. The Kier molecular flexibility index (Phi) is 3.82. The highest BCUT2D eigenvalue weighted by Crippen LogP contribution is 2.35. The quantitative estimate of drug-likeness (QED) is 0.704. The Hall–Kier alpha value is -3.35. The van der Waals surface area contributed by atoms with Crippen molar-refractivity contribution in [2.75, 3.05) is 13.1 Å². The van der Waals surface area contributed by atoms with Gasteiger partial charge in [0, 0.05) is 25.5 Å². The highest BCUT2D eigenvalue weighted by atomic mass is 16.3. The summed E-state index contributed by atoms with van der Waals surface area (Å²) in [6.45, 7) is 3.25. The summed E-state index contributed by atoms with van der Waals surface area (Å²) < 4.78 is 7.52. The van der Waals surface area contributed by atoms with E-state index in [1.54, 1.807) is 23.2 Å². The van der Waals surface area contributed by atoms with Gasteiger partial charge in [-0.15, -0.1) is 0 Å². The molecule has 1 fully saturated rings. The van der Waals surface area contributed by atoms with E-state index in [1.807, 2.05) is 52.9 Å². The number of nitrogens with zero attached hydrogens (tertiary/aromatic N) is 4. The minimum atomic E-state index is -0.138. The second-order valence-electron chi connectivity index (χ2n) is 7.31. The van der Waals surface area contributed by atoms with Gasteiger partial charge in [-0.3, -0.25) is 14.6 Å². The SMILES string of the molecule is Cc1ccc(C(=O)N2C[C@@H]3[C@H](C2)n2cccc2C(=O)N3Cc2ccccn2)o1. The molecule has 2 amide bonds. The highest BCUT2D eigenvalue weighted by Gasteiger charge is 2.46. The third-order valence-electron chi connectivity index (χ3n) is 5.57. The van der Waals surface area contributed by atoms with Crippen LogP contribution in [0.4, 0.5) is 0 Å². The average Bonchev–Trinajstić information content (AvgIpc) is 3.44. The standard InChI is InChI=1S/C21H20N4O3/c1-14-7-8-19(28-14)21(27)23-12-17-18(13-23)25(11-15-5-2-3-9-22-15)20(26)16-6-4-10-24(16)17/h2-10,17-18H,11-13H2,1H3/t17-,18+/m0/s1. The van der Waals surface area contributed by atoms with Gasteiger partial charge in [-0.25, -0.2) is 0 Å². The fourth-order valence-corrected chi connectivity index (χ4v) is 4.24. The molecule has 0 saturated carbocycles. The lowest BCUT2D eigenvalue weighted by atomic mass is 10.1. The number of likely N-dealkylation sites (tertiary alicyclic amines) is 1. The van der Waals surface area contributed by atoms with Crippen molar-refractivity contribution in [2.24, 2.45) is 0 Å². The molecule has 5 rings (SSSR count). The van der Waals surface area contributed by atoms with Crippen LogP contribution in [-0.2, 0) is 6.54 Å². The summed E-state index contributed by atoms with van der Waals surface area (Å²) >= 11 is 0. The van der Waals surface area contributed by atoms with Gasteiger partial charge in [-0.1, -0.05) is 6.07 Å². The first-order chi connectivity index (χ1) is 13.6. The van der Waals surface area contributed by atoms with E-state index in [4.69, 9.17) is 4.42 Å². The van der Waals surface area contributed by atoms with Crippen molar-refractivity contribution in [3.63, 3.8) is 0 Å². The van der Waals surface area contributed by atoms with Crippen molar-refractivity contribution in [1.29, 1.82) is 0 Å². The number of rotatable bonds is 3. The number of hydrogen-bond acceptors (Lipinski definition) is 4. The fraction of sp³-hybridized carbons (Fsp3) is 0.286. The van der Waals surface area contributed by atoms with Crippen LogP contribution in [0.5, 0.6) is 0 Å². The van der Waals surface area contributed by atoms with Gasteiger partial charge in [0.15, 0.2) is 5.76 Å². The van der Waals surface area contributed by atoms with E-state index in [1.165, 1.54) is 0 Å². The Bertz CT molecular complexity index is 1040. The maximum atomic E-state index is 13.1. The van der Waals surface area contributed by atoms with Crippen molar-refractivity contribution in [3.8, 4) is 0 Å². The predicted molar refractivity (Wildman–Crippen MR) is 101 cm³/mol. The molecule has 1 saturated heterocycles. The first-order valence-electron chi connectivity index (χ1n) is 9.35. The number of pyridine rings is 1. The normalized spacial score (nSPS) is 21.0. The van der Waals surface area contributed by atoms with Gasteiger partial charge in [-0.05, 0) is 43.3 Å². The van der Waals surface area contributed by atoms with E-state index in [9.17, 15) is 9.59 Å². The molecule has 0 N–H and O–H groups in total. The fourth-order valence-electron chi connectivity index (χ4n) is 4.24. The van der Waals surface area contributed by atoms with Crippen molar-refractivity contribution in [1.82, 2.24) is 19.4 Å². The van der Waals surface area contributed by atoms with Gasteiger partial charge in [-0.2, -0.15) is 0 Å². The molecule has 7 nitrogen and oxygen atoms in total. The van der Waals surface area contributed by atoms with Gasteiger partial charge in [0.1, 0.15) is 11.5 Å². The first kappa shape index (κ1) is 16.8. The van der Waals surface area contributed by atoms with Crippen molar-refractivity contribution in [2.45, 2.75) is 25.6 Å². The molecule has 7 heteroatoms. The molecular formula is C21H20N4O3. The summed E-state index contributed by atoms with van der Waals surface area (Å²) in [4.78, 5) is 34.0. The van der Waals surface area contributed by atoms with Gasteiger partial charge < -0.3 is 18.8 Å². The minimum Gasteiger partial charge on any atom is -0.456 e. The van der Waals surface area contributed by atoms with E-state index in [0.29, 0.717) is 36.8 Å². The molecule has 0 unspecified atom stereocenters. The van der Waals surface area contributed by atoms with E-state index in [2.05, 4.69) is 4.98 Å².